The molecule has 1 unspecified atom stereocenters. The molecular formula is C18H22FN5O. The first-order chi connectivity index (χ1) is 12.0. The molecule has 2 aliphatic rings. The molecule has 1 aliphatic heterocycles. The van der Waals surface area contributed by atoms with Crippen molar-refractivity contribution in [1.82, 2.24) is 24.8 Å². The number of hydrogen-bond acceptors (Lipinski definition) is 4. The maximum atomic E-state index is 13.2. The number of benzene rings is 1. The molecule has 2 fully saturated rings. The van der Waals surface area contributed by atoms with E-state index in [1.165, 1.54) is 12.1 Å². The molecule has 1 atom stereocenters. The van der Waals surface area contributed by atoms with Crippen molar-refractivity contribution in [3.05, 3.63) is 41.5 Å². The van der Waals surface area contributed by atoms with Crippen LogP contribution in [0.4, 0.5) is 4.39 Å². The Morgan fingerprint density at radius 3 is 2.56 bits per heavy atom. The molecule has 6 nitrogen and oxygen atoms in total. The third kappa shape index (κ3) is 3.04. The van der Waals surface area contributed by atoms with E-state index in [1.54, 1.807) is 16.8 Å². The third-order valence-corrected chi connectivity index (χ3v) is 5.03. The predicted molar refractivity (Wildman–Crippen MR) is 91.3 cm³/mol. The Balaban J connectivity index is 1.68. The van der Waals surface area contributed by atoms with Crippen molar-refractivity contribution in [2.45, 2.75) is 31.7 Å². The Hall–Kier alpha value is -2.28. The van der Waals surface area contributed by atoms with Crippen LogP contribution >= 0.6 is 0 Å². The molecule has 25 heavy (non-hydrogen) atoms. The van der Waals surface area contributed by atoms with Gasteiger partial charge < -0.3 is 9.80 Å². The van der Waals surface area contributed by atoms with E-state index in [9.17, 15) is 9.18 Å². The van der Waals surface area contributed by atoms with Gasteiger partial charge in [0.1, 0.15) is 5.82 Å². The van der Waals surface area contributed by atoms with E-state index >= 15 is 0 Å². The summed E-state index contributed by atoms with van der Waals surface area (Å²) in [5.74, 6) is -0.0305. The summed E-state index contributed by atoms with van der Waals surface area (Å²) < 4.78 is 14.9. The molecule has 0 bridgehead atoms. The second kappa shape index (κ2) is 6.22. The lowest BCUT2D eigenvalue weighted by atomic mass is 10.1. The van der Waals surface area contributed by atoms with Crippen molar-refractivity contribution in [3.63, 3.8) is 0 Å². The van der Waals surface area contributed by atoms with Gasteiger partial charge in [0.05, 0.1) is 11.4 Å². The zero-order valence-electron chi connectivity index (χ0n) is 14.5. The topological polar surface area (TPSA) is 54.3 Å². The van der Waals surface area contributed by atoms with Crippen molar-refractivity contribution in [3.8, 4) is 5.69 Å². The molecule has 0 N–H and O–H groups in total. The Labute approximate surface area is 146 Å². The maximum absolute atomic E-state index is 13.2. The van der Waals surface area contributed by atoms with Crippen molar-refractivity contribution < 1.29 is 9.18 Å². The standard InChI is InChI=1S/C18H22FN5O/c1-12-11-22(2)9-10-23(12)18(25)16-17(13-3-4-13)24(21-20-16)15-7-5-14(19)6-8-15/h5-8,12-13H,3-4,9-11H2,1-2H3. The maximum Gasteiger partial charge on any atom is 0.276 e. The summed E-state index contributed by atoms with van der Waals surface area (Å²) >= 11 is 0. The molecular weight excluding hydrogens is 321 g/mol. The number of rotatable bonds is 3. The molecule has 1 amide bonds. The lowest BCUT2D eigenvalue weighted by Gasteiger charge is -2.37. The van der Waals surface area contributed by atoms with Gasteiger partial charge >= 0.3 is 0 Å². The third-order valence-electron chi connectivity index (χ3n) is 5.03. The summed E-state index contributed by atoms with van der Waals surface area (Å²) in [5.41, 5.74) is 2.05. The second-order valence-electron chi connectivity index (χ2n) is 7.10. The van der Waals surface area contributed by atoms with Crippen molar-refractivity contribution >= 4 is 5.91 Å². The Kier molecular flexibility index (Phi) is 4.03. The zero-order chi connectivity index (χ0) is 17.6. The van der Waals surface area contributed by atoms with Gasteiger partial charge in [0.2, 0.25) is 0 Å². The highest BCUT2D eigenvalue weighted by molar-refractivity contribution is 5.94. The normalized spacial score (nSPS) is 21.6. The fourth-order valence-electron chi connectivity index (χ4n) is 3.52. The highest BCUT2D eigenvalue weighted by Crippen LogP contribution is 2.42. The number of halogens is 1. The summed E-state index contributed by atoms with van der Waals surface area (Å²) in [6.07, 6.45) is 2.07. The van der Waals surface area contributed by atoms with E-state index in [1.807, 2.05) is 4.90 Å². The quantitative estimate of drug-likeness (QED) is 0.856. The summed E-state index contributed by atoms with van der Waals surface area (Å²) in [6.45, 7) is 4.48. The molecule has 1 saturated carbocycles. The van der Waals surface area contributed by atoms with E-state index in [-0.39, 0.29) is 17.8 Å². The predicted octanol–water partition coefficient (Wildman–Crippen LogP) is 2.06. The van der Waals surface area contributed by atoms with Gasteiger partial charge in [-0.1, -0.05) is 5.21 Å². The minimum Gasteiger partial charge on any atom is -0.332 e. The first-order valence-electron chi connectivity index (χ1n) is 8.75. The number of likely N-dealkylation sites (N-methyl/N-ethyl adjacent to an activating group) is 1. The van der Waals surface area contributed by atoms with Crippen LogP contribution in [-0.2, 0) is 0 Å². The van der Waals surface area contributed by atoms with E-state index in [0.717, 1.165) is 37.3 Å². The van der Waals surface area contributed by atoms with Gasteiger partial charge in [-0.05, 0) is 51.1 Å². The number of amides is 1. The molecule has 2 heterocycles. The summed E-state index contributed by atoms with van der Waals surface area (Å²) in [6, 6.07) is 6.29. The van der Waals surface area contributed by atoms with Gasteiger partial charge in [-0.15, -0.1) is 5.10 Å². The molecule has 1 saturated heterocycles. The summed E-state index contributed by atoms with van der Waals surface area (Å²) in [4.78, 5) is 17.2. The Morgan fingerprint density at radius 1 is 1.20 bits per heavy atom. The van der Waals surface area contributed by atoms with Gasteiger partial charge in [0, 0.05) is 31.6 Å². The molecule has 7 heteroatoms. The first kappa shape index (κ1) is 16.2. The van der Waals surface area contributed by atoms with E-state index in [0.29, 0.717) is 18.2 Å². The number of nitrogens with zero attached hydrogens (tertiary/aromatic N) is 5. The summed E-state index contributed by atoms with van der Waals surface area (Å²) in [7, 11) is 2.07. The van der Waals surface area contributed by atoms with Crippen LogP contribution in [0.25, 0.3) is 5.69 Å². The van der Waals surface area contributed by atoms with Crippen molar-refractivity contribution in [1.29, 1.82) is 0 Å². The van der Waals surface area contributed by atoms with Crippen LogP contribution < -0.4 is 0 Å². The smallest absolute Gasteiger partial charge is 0.276 e. The average molecular weight is 343 g/mol. The van der Waals surface area contributed by atoms with Crippen LogP contribution in [-0.4, -0.2) is 63.4 Å². The molecule has 132 valence electrons. The monoisotopic (exact) mass is 343 g/mol. The van der Waals surface area contributed by atoms with Crippen LogP contribution in [0, 0.1) is 5.82 Å². The van der Waals surface area contributed by atoms with Crippen LogP contribution in [0.2, 0.25) is 0 Å². The van der Waals surface area contributed by atoms with Crippen LogP contribution in [0.3, 0.4) is 0 Å². The molecule has 0 spiro atoms. The fraction of sp³-hybridized carbons (Fsp3) is 0.500. The number of piperazine rings is 1. The second-order valence-corrected chi connectivity index (χ2v) is 7.10. The molecule has 0 radical (unpaired) electrons. The first-order valence-corrected chi connectivity index (χ1v) is 8.75. The van der Waals surface area contributed by atoms with Crippen LogP contribution in [0.1, 0.15) is 41.9 Å². The largest absolute Gasteiger partial charge is 0.332 e. The minimum absolute atomic E-state index is 0.0455. The van der Waals surface area contributed by atoms with Crippen LogP contribution in [0.15, 0.2) is 24.3 Å². The Morgan fingerprint density at radius 2 is 1.92 bits per heavy atom. The number of hydrogen-bond donors (Lipinski definition) is 0. The molecule has 1 aliphatic carbocycles. The highest BCUT2D eigenvalue weighted by atomic mass is 19.1. The average Bonchev–Trinajstić information content (AvgIpc) is 3.33. The number of aromatic nitrogens is 3. The number of carbonyl (C=O) groups excluding carboxylic acids is 1. The minimum atomic E-state index is -0.292. The Bertz CT molecular complexity index is 783. The molecule has 1 aromatic heterocycles. The molecule has 4 rings (SSSR count). The van der Waals surface area contributed by atoms with Gasteiger partial charge in [-0.25, -0.2) is 9.07 Å². The van der Waals surface area contributed by atoms with E-state index in [4.69, 9.17) is 0 Å². The van der Waals surface area contributed by atoms with Gasteiger partial charge in [0.25, 0.3) is 5.91 Å². The van der Waals surface area contributed by atoms with Crippen LogP contribution in [0.5, 0.6) is 0 Å². The van der Waals surface area contributed by atoms with E-state index in [2.05, 4.69) is 29.2 Å². The van der Waals surface area contributed by atoms with Gasteiger partial charge in [0.15, 0.2) is 5.69 Å². The molecule has 2 aromatic rings. The fourth-order valence-corrected chi connectivity index (χ4v) is 3.52. The highest BCUT2D eigenvalue weighted by Gasteiger charge is 2.37. The molecule has 1 aromatic carbocycles. The SMILES string of the molecule is CC1CN(C)CCN1C(=O)c1nnn(-c2ccc(F)cc2)c1C1CC1. The van der Waals surface area contributed by atoms with Gasteiger partial charge in [-0.3, -0.25) is 4.79 Å². The summed E-state index contributed by atoms with van der Waals surface area (Å²) in [5, 5.41) is 8.44. The van der Waals surface area contributed by atoms with E-state index < -0.39 is 0 Å². The lowest BCUT2D eigenvalue weighted by molar-refractivity contribution is 0.0526. The zero-order valence-corrected chi connectivity index (χ0v) is 14.5. The van der Waals surface area contributed by atoms with Gasteiger partial charge in [-0.2, -0.15) is 0 Å². The number of carbonyl (C=O) groups is 1. The van der Waals surface area contributed by atoms with Crippen molar-refractivity contribution in [2.24, 2.45) is 0 Å². The lowest BCUT2D eigenvalue weighted by Crippen LogP contribution is -2.52. The van der Waals surface area contributed by atoms with Crippen molar-refractivity contribution in [2.75, 3.05) is 26.7 Å².